The molecule has 0 bridgehead atoms. The maximum Gasteiger partial charge on any atom is 0.256 e. The highest BCUT2D eigenvalue weighted by Crippen LogP contribution is 2.36. The summed E-state index contributed by atoms with van der Waals surface area (Å²) in [5.74, 6) is -1.84. The fraction of sp³-hybridized carbons (Fsp3) is 0.0667. The largest absolute Gasteiger partial charge is 0.321 e. The van der Waals surface area contributed by atoms with Crippen molar-refractivity contribution in [3.05, 3.63) is 58.3 Å². The Bertz CT molecular complexity index is 739. The predicted octanol–water partition coefficient (Wildman–Crippen LogP) is 4.84. The minimum atomic E-state index is -0.719. The van der Waals surface area contributed by atoms with Crippen LogP contribution in [-0.4, -0.2) is 12.1 Å². The van der Waals surface area contributed by atoms with E-state index in [1.807, 2.05) is 0 Å². The first kappa shape index (κ1) is 16.4. The smallest absolute Gasteiger partial charge is 0.256 e. The van der Waals surface area contributed by atoms with E-state index in [0.717, 1.165) is 6.07 Å². The number of rotatable bonds is 4. The van der Waals surface area contributed by atoms with Crippen molar-refractivity contribution in [3.63, 3.8) is 0 Å². The summed E-state index contributed by atoms with van der Waals surface area (Å²) in [7, 11) is 0. The van der Waals surface area contributed by atoms with Crippen molar-refractivity contribution in [2.24, 2.45) is 4.99 Å². The third-order valence-corrected chi connectivity index (χ3v) is 3.44. The highest BCUT2D eigenvalue weighted by atomic mass is 35.5. The molecular formula is C15H10Cl2F2N2O. The zero-order valence-electron chi connectivity index (χ0n) is 11.2. The summed E-state index contributed by atoms with van der Waals surface area (Å²) in [6.45, 7) is 3.39. The topological polar surface area (TPSA) is 41.5 Å². The number of halogens is 4. The molecule has 114 valence electrons. The molecule has 0 atom stereocenters. The second kappa shape index (κ2) is 6.85. The number of allylic oxidation sites excluding steroid dienone is 3. The van der Waals surface area contributed by atoms with E-state index >= 15 is 0 Å². The SMILES string of the molecule is C=C/C=N\C(Cl)=C(\F)C/C=C1/C(=O)Nc2cc(Cl)c(F)cc21. The van der Waals surface area contributed by atoms with Gasteiger partial charge in [-0.2, -0.15) is 0 Å². The molecule has 1 aliphatic rings. The molecule has 1 N–H and O–H groups in total. The lowest BCUT2D eigenvalue weighted by Crippen LogP contribution is -2.03. The molecule has 0 radical (unpaired) electrons. The van der Waals surface area contributed by atoms with Gasteiger partial charge in [-0.15, -0.1) is 0 Å². The number of carbonyl (C=O) groups is 1. The lowest BCUT2D eigenvalue weighted by atomic mass is 10.1. The molecule has 0 unspecified atom stereocenters. The standard InChI is InChI=1S/C15H10Cl2F2N2O/c1-2-5-20-14(17)11(18)4-3-8-9-6-12(19)10(16)7-13(9)21-15(8)22/h2-3,5-7H,1,4H2,(H,21,22)/b8-3+,14-11+,20-5-. The monoisotopic (exact) mass is 342 g/mol. The minimum absolute atomic E-state index is 0.104. The van der Waals surface area contributed by atoms with Crippen LogP contribution in [0.1, 0.15) is 12.0 Å². The second-order valence-corrected chi connectivity index (χ2v) is 5.06. The van der Waals surface area contributed by atoms with Gasteiger partial charge in [0.1, 0.15) is 11.6 Å². The molecule has 0 saturated carbocycles. The van der Waals surface area contributed by atoms with Crippen LogP contribution in [0, 0.1) is 5.82 Å². The van der Waals surface area contributed by atoms with Crippen LogP contribution in [0.25, 0.3) is 5.57 Å². The van der Waals surface area contributed by atoms with E-state index in [2.05, 4.69) is 16.9 Å². The van der Waals surface area contributed by atoms with E-state index in [9.17, 15) is 13.6 Å². The Labute approximate surface area is 135 Å². The number of hydrogen-bond acceptors (Lipinski definition) is 2. The Morgan fingerprint density at radius 2 is 2.18 bits per heavy atom. The molecule has 1 heterocycles. The van der Waals surface area contributed by atoms with E-state index in [4.69, 9.17) is 23.2 Å². The van der Waals surface area contributed by atoms with Gasteiger partial charge in [0.25, 0.3) is 5.91 Å². The fourth-order valence-corrected chi connectivity index (χ4v) is 2.15. The van der Waals surface area contributed by atoms with E-state index in [-0.39, 0.29) is 22.2 Å². The van der Waals surface area contributed by atoms with Crippen LogP contribution in [0.2, 0.25) is 5.02 Å². The number of fused-ring (bicyclic) bond motifs is 1. The van der Waals surface area contributed by atoms with Gasteiger partial charge in [0, 0.05) is 23.8 Å². The molecule has 0 spiro atoms. The number of hydrogen-bond donors (Lipinski definition) is 1. The molecule has 1 amide bonds. The predicted molar refractivity (Wildman–Crippen MR) is 85.3 cm³/mol. The molecule has 7 heteroatoms. The van der Waals surface area contributed by atoms with Crippen LogP contribution in [0.4, 0.5) is 14.5 Å². The van der Waals surface area contributed by atoms with Crippen LogP contribution in [-0.2, 0) is 4.79 Å². The van der Waals surface area contributed by atoms with Crippen molar-refractivity contribution < 1.29 is 13.6 Å². The number of nitrogens with one attached hydrogen (secondary N) is 1. The van der Waals surface area contributed by atoms with E-state index < -0.39 is 17.6 Å². The maximum absolute atomic E-state index is 13.7. The quantitative estimate of drug-likeness (QED) is 0.474. The highest BCUT2D eigenvalue weighted by Gasteiger charge is 2.25. The summed E-state index contributed by atoms with van der Waals surface area (Å²) in [5.41, 5.74) is 0.853. The summed E-state index contributed by atoms with van der Waals surface area (Å²) in [6.07, 6.45) is 3.65. The van der Waals surface area contributed by atoms with Gasteiger partial charge in [0.15, 0.2) is 5.16 Å². The van der Waals surface area contributed by atoms with Crippen molar-refractivity contribution in [2.75, 3.05) is 5.32 Å². The first-order valence-corrected chi connectivity index (χ1v) is 6.89. The van der Waals surface area contributed by atoms with E-state index in [1.165, 1.54) is 24.4 Å². The maximum atomic E-state index is 13.7. The highest BCUT2D eigenvalue weighted by molar-refractivity contribution is 6.34. The van der Waals surface area contributed by atoms with Crippen molar-refractivity contribution in [1.29, 1.82) is 0 Å². The van der Waals surface area contributed by atoms with Crippen LogP contribution in [0.15, 0.2) is 46.8 Å². The zero-order chi connectivity index (χ0) is 16.3. The molecular weight excluding hydrogens is 333 g/mol. The molecule has 1 aliphatic heterocycles. The van der Waals surface area contributed by atoms with Crippen molar-refractivity contribution in [1.82, 2.24) is 0 Å². The normalized spacial score (nSPS) is 16.7. The van der Waals surface area contributed by atoms with Crippen LogP contribution >= 0.6 is 23.2 Å². The number of aliphatic imine (C=N–C) groups is 1. The molecule has 0 aromatic heterocycles. The minimum Gasteiger partial charge on any atom is -0.321 e. The number of nitrogens with zero attached hydrogens (tertiary/aromatic N) is 1. The van der Waals surface area contributed by atoms with Gasteiger partial charge in [0.2, 0.25) is 0 Å². The van der Waals surface area contributed by atoms with Gasteiger partial charge in [-0.05, 0) is 12.1 Å². The summed E-state index contributed by atoms with van der Waals surface area (Å²) in [6, 6.07) is 2.43. The molecule has 22 heavy (non-hydrogen) atoms. The molecule has 0 saturated heterocycles. The van der Waals surface area contributed by atoms with Gasteiger partial charge >= 0.3 is 0 Å². The Hall–Kier alpha value is -1.98. The first-order valence-electron chi connectivity index (χ1n) is 6.14. The first-order chi connectivity index (χ1) is 10.4. The van der Waals surface area contributed by atoms with Crippen molar-refractivity contribution in [2.45, 2.75) is 6.42 Å². The number of anilines is 1. The average molecular weight is 343 g/mol. The summed E-state index contributed by atoms with van der Waals surface area (Å²) < 4.78 is 27.3. The zero-order valence-corrected chi connectivity index (χ0v) is 12.7. The molecule has 0 fully saturated rings. The molecule has 0 aliphatic carbocycles. The molecule has 2 rings (SSSR count). The van der Waals surface area contributed by atoms with Crippen molar-refractivity contribution >= 4 is 46.6 Å². The Morgan fingerprint density at radius 3 is 2.86 bits per heavy atom. The Morgan fingerprint density at radius 1 is 1.45 bits per heavy atom. The van der Waals surface area contributed by atoms with Gasteiger partial charge < -0.3 is 5.32 Å². The third-order valence-electron chi connectivity index (χ3n) is 2.85. The number of benzene rings is 1. The fourth-order valence-electron chi connectivity index (χ4n) is 1.85. The van der Waals surface area contributed by atoms with Crippen LogP contribution in [0.5, 0.6) is 0 Å². The van der Waals surface area contributed by atoms with Crippen LogP contribution in [0.3, 0.4) is 0 Å². The van der Waals surface area contributed by atoms with Gasteiger partial charge in [0.05, 0.1) is 10.7 Å². The van der Waals surface area contributed by atoms with Gasteiger partial charge in [-0.3, -0.25) is 4.79 Å². The molecule has 3 nitrogen and oxygen atoms in total. The van der Waals surface area contributed by atoms with E-state index in [0.29, 0.717) is 11.3 Å². The second-order valence-electron chi connectivity index (χ2n) is 4.30. The number of amides is 1. The average Bonchev–Trinajstić information content (AvgIpc) is 2.77. The lowest BCUT2D eigenvalue weighted by molar-refractivity contribution is -0.110. The van der Waals surface area contributed by atoms with Gasteiger partial charge in [-0.25, -0.2) is 13.8 Å². The summed E-state index contributed by atoms with van der Waals surface area (Å²) >= 11 is 11.3. The summed E-state index contributed by atoms with van der Waals surface area (Å²) in [4.78, 5) is 15.4. The van der Waals surface area contributed by atoms with Crippen LogP contribution < -0.4 is 5.32 Å². The third kappa shape index (κ3) is 3.43. The lowest BCUT2D eigenvalue weighted by Gasteiger charge is -2.01. The Balaban J connectivity index is 2.31. The number of carbonyl (C=O) groups excluding carboxylic acids is 1. The Kier molecular flexibility index (Phi) is 5.11. The van der Waals surface area contributed by atoms with Crippen molar-refractivity contribution in [3.8, 4) is 0 Å². The summed E-state index contributed by atoms with van der Waals surface area (Å²) in [5, 5.41) is 2.09. The molecule has 1 aromatic carbocycles. The van der Waals surface area contributed by atoms with Gasteiger partial charge in [-0.1, -0.05) is 41.9 Å². The van der Waals surface area contributed by atoms with E-state index in [1.54, 1.807) is 0 Å². The molecule has 1 aromatic rings.